The van der Waals surface area contributed by atoms with E-state index in [2.05, 4.69) is 104 Å². The Morgan fingerprint density at radius 1 is 0.861 bits per heavy atom. The Hall–Kier alpha value is -4.09. The maximum absolute atomic E-state index is 5.12. The number of nitrogens with one attached hydrogen (secondary N) is 1. The van der Waals surface area contributed by atoms with Crippen LogP contribution in [0.25, 0.3) is 42.8 Å². The van der Waals surface area contributed by atoms with Gasteiger partial charge in [0.15, 0.2) is 0 Å². The summed E-state index contributed by atoms with van der Waals surface area (Å²) in [7, 11) is 0. The van der Waals surface area contributed by atoms with Crippen LogP contribution >= 0.6 is 11.3 Å². The highest BCUT2D eigenvalue weighted by Gasteiger charge is 2.20. The average Bonchev–Trinajstić information content (AvgIpc) is 3.57. The summed E-state index contributed by atoms with van der Waals surface area (Å²) in [4.78, 5) is 10.1. The summed E-state index contributed by atoms with van der Waals surface area (Å²) in [6, 6.07) is 29.5. The van der Waals surface area contributed by atoms with E-state index in [0.717, 1.165) is 43.3 Å². The van der Waals surface area contributed by atoms with Crippen LogP contribution in [-0.4, -0.2) is 21.4 Å². The van der Waals surface area contributed by atoms with E-state index in [-0.39, 0.29) is 5.41 Å². The van der Waals surface area contributed by atoms with Crippen molar-refractivity contribution in [1.82, 2.24) is 15.2 Å². The van der Waals surface area contributed by atoms with Crippen molar-refractivity contribution in [2.45, 2.75) is 26.2 Å². The zero-order valence-corrected chi connectivity index (χ0v) is 21.3. The maximum atomic E-state index is 5.12. The number of aromatic amines is 1. The first-order valence-corrected chi connectivity index (χ1v) is 12.8. The van der Waals surface area contributed by atoms with Crippen molar-refractivity contribution in [3.05, 3.63) is 102 Å². The Kier molecular flexibility index (Phi) is 5.50. The molecule has 36 heavy (non-hydrogen) atoms. The fourth-order valence-corrected chi connectivity index (χ4v) is 5.52. The van der Waals surface area contributed by atoms with Crippen LogP contribution in [0.1, 0.15) is 31.9 Å². The zero-order chi connectivity index (χ0) is 24.7. The molecule has 1 N–H and O–H groups in total. The van der Waals surface area contributed by atoms with E-state index in [9.17, 15) is 0 Å². The minimum absolute atomic E-state index is 0.0216. The molecule has 0 fully saturated rings. The topological polar surface area (TPSA) is 53.9 Å². The normalized spacial score (nSPS) is 12.2. The molecule has 2 aromatic heterocycles. The molecule has 0 atom stereocenters. The van der Waals surface area contributed by atoms with Crippen LogP contribution in [0.3, 0.4) is 0 Å². The van der Waals surface area contributed by atoms with Gasteiger partial charge < -0.3 is 0 Å². The Morgan fingerprint density at radius 3 is 2.50 bits per heavy atom. The molecular formula is C31H26N4S. The molecule has 2 heterocycles. The number of aromatic nitrogens is 3. The number of hydrogen-bond donors (Lipinski definition) is 1. The molecule has 0 aliphatic heterocycles. The van der Waals surface area contributed by atoms with Crippen molar-refractivity contribution in [2.75, 3.05) is 0 Å². The van der Waals surface area contributed by atoms with Gasteiger partial charge in [0.2, 0.25) is 0 Å². The molecule has 6 rings (SSSR count). The maximum Gasteiger partial charge on any atom is 0.126 e. The van der Waals surface area contributed by atoms with E-state index in [1.165, 1.54) is 16.3 Å². The number of thiazole rings is 1. The molecule has 4 aromatic carbocycles. The van der Waals surface area contributed by atoms with Gasteiger partial charge in [0.1, 0.15) is 5.01 Å². The summed E-state index contributed by atoms with van der Waals surface area (Å²) in [6.07, 6.45) is 3.75. The quantitative estimate of drug-likeness (QED) is 0.254. The standard InChI is InChI=1S/C31H26N4S/c1-31(2,3)22-17-25(27-15-16-33-35-27)29-28(18-22)36-30(34-29)24-13-6-7-14-26(24)32-19-21-11-8-10-20-9-4-5-12-23(20)21/h4-19H,1-3H3,(H,33,35). The summed E-state index contributed by atoms with van der Waals surface area (Å²) in [5.74, 6) is 0. The summed E-state index contributed by atoms with van der Waals surface area (Å²) in [5.41, 5.74) is 7.38. The number of rotatable bonds is 4. The van der Waals surface area contributed by atoms with Crippen LogP contribution in [0.15, 0.2) is 96.1 Å². The number of hydrogen-bond acceptors (Lipinski definition) is 4. The largest absolute Gasteiger partial charge is 0.278 e. The molecule has 6 aromatic rings. The summed E-state index contributed by atoms with van der Waals surface area (Å²) < 4.78 is 1.16. The van der Waals surface area contributed by atoms with Gasteiger partial charge in [-0.15, -0.1) is 11.3 Å². The van der Waals surface area contributed by atoms with Gasteiger partial charge in [0, 0.05) is 29.1 Å². The fourth-order valence-electron chi connectivity index (χ4n) is 4.46. The lowest BCUT2D eigenvalue weighted by Crippen LogP contribution is -2.11. The predicted molar refractivity (Wildman–Crippen MR) is 153 cm³/mol. The van der Waals surface area contributed by atoms with Crippen LogP contribution < -0.4 is 0 Å². The second-order valence-corrected chi connectivity index (χ2v) is 11.0. The van der Waals surface area contributed by atoms with Crippen molar-refractivity contribution < 1.29 is 0 Å². The van der Waals surface area contributed by atoms with Crippen LogP contribution in [0.5, 0.6) is 0 Å². The Morgan fingerprint density at radius 2 is 1.67 bits per heavy atom. The Balaban J connectivity index is 1.48. The predicted octanol–water partition coefficient (Wildman–Crippen LogP) is 8.55. The van der Waals surface area contributed by atoms with Crippen molar-refractivity contribution in [3.63, 3.8) is 0 Å². The number of nitrogens with zero attached hydrogens (tertiary/aromatic N) is 3. The molecule has 0 unspecified atom stereocenters. The first-order valence-electron chi connectivity index (χ1n) is 12.0. The molecule has 0 aliphatic carbocycles. The molecule has 0 bridgehead atoms. The average molecular weight is 487 g/mol. The lowest BCUT2D eigenvalue weighted by molar-refractivity contribution is 0.591. The smallest absolute Gasteiger partial charge is 0.126 e. The molecule has 0 aliphatic rings. The van der Waals surface area contributed by atoms with Gasteiger partial charge in [0.25, 0.3) is 0 Å². The van der Waals surface area contributed by atoms with Crippen molar-refractivity contribution in [3.8, 4) is 21.8 Å². The fraction of sp³-hybridized carbons (Fsp3) is 0.129. The minimum atomic E-state index is 0.0216. The second-order valence-electron chi connectivity index (χ2n) is 9.95. The van der Waals surface area contributed by atoms with Crippen LogP contribution in [0.4, 0.5) is 5.69 Å². The first-order chi connectivity index (χ1) is 17.5. The van der Waals surface area contributed by atoms with Crippen molar-refractivity contribution in [2.24, 2.45) is 4.99 Å². The monoisotopic (exact) mass is 486 g/mol. The van der Waals surface area contributed by atoms with Crippen LogP contribution in [-0.2, 0) is 5.41 Å². The summed E-state index contributed by atoms with van der Waals surface area (Å²) >= 11 is 1.71. The number of aliphatic imine (C=N–C) groups is 1. The van der Waals surface area contributed by atoms with E-state index in [1.54, 1.807) is 17.5 Å². The van der Waals surface area contributed by atoms with Crippen LogP contribution in [0.2, 0.25) is 0 Å². The van der Waals surface area contributed by atoms with Crippen molar-refractivity contribution in [1.29, 1.82) is 0 Å². The number of benzene rings is 4. The van der Waals surface area contributed by atoms with Gasteiger partial charge in [0.05, 0.1) is 21.6 Å². The van der Waals surface area contributed by atoms with Gasteiger partial charge in [-0.3, -0.25) is 10.1 Å². The second kappa shape index (κ2) is 8.85. The van der Waals surface area contributed by atoms with E-state index < -0.39 is 0 Å². The third-order valence-electron chi connectivity index (χ3n) is 6.45. The van der Waals surface area contributed by atoms with Gasteiger partial charge in [-0.05, 0) is 52.1 Å². The lowest BCUT2D eigenvalue weighted by atomic mass is 9.85. The van der Waals surface area contributed by atoms with Gasteiger partial charge >= 0.3 is 0 Å². The number of fused-ring (bicyclic) bond motifs is 2. The third-order valence-corrected chi connectivity index (χ3v) is 7.49. The van der Waals surface area contributed by atoms with Gasteiger partial charge in [-0.25, -0.2) is 4.98 Å². The van der Waals surface area contributed by atoms with Crippen LogP contribution in [0, 0.1) is 0 Å². The first kappa shape index (κ1) is 22.4. The highest BCUT2D eigenvalue weighted by atomic mass is 32.1. The highest BCUT2D eigenvalue weighted by molar-refractivity contribution is 7.21. The number of H-pyrrole nitrogens is 1. The van der Waals surface area contributed by atoms with Gasteiger partial charge in [-0.2, -0.15) is 5.10 Å². The Bertz CT molecular complexity index is 1710. The molecule has 0 saturated carbocycles. The minimum Gasteiger partial charge on any atom is -0.278 e. The summed E-state index contributed by atoms with van der Waals surface area (Å²) in [6.45, 7) is 6.72. The van der Waals surface area contributed by atoms with E-state index in [4.69, 9.17) is 9.98 Å². The van der Waals surface area contributed by atoms with E-state index in [1.807, 2.05) is 18.3 Å². The van der Waals surface area contributed by atoms with E-state index >= 15 is 0 Å². The van der Waals surface area contributed by atoms with E-state index in [0.29, 0.717) is 0 Å². The molecule has 0 amide bonds. The molecule has 4 nitrogen and oxygen atoms in total. The van der Waals surface area contributed by atoms with Crippen molar-refractivity contribution >= 4 is 44.2 Å². The molecule has 176 valence electrons. The molecule has 0 spiro atoms. The molecule has 5 heteroatoms. The molecule has 0 radical (unpaired) electrons. The third kappa shape index (κ3) is 4.12. The zero-order valence-electron chi connectivity index (χ0n) is 20.5. The summed E-state index contributed by atoms with van der Waals surface area (Å²) in [5, 5.41) is 10.7. The Labute approximate surface area is 214 Å². The molecular weight excluding hydrogens is 460 g/mol. The molecule has 0 saturated heterocycles. The highest BCUT2D eigenvalue weighted by Crippen LogP contribution is 2.41. The lowest BCUT2D eigenvalue weighted by Gasteiger charge is -2.20. The SMILES string of the molecule is CC(C)(C)c1cc(-c2ccn[nH]2)c2nc(-c3ccccc3N=Cc3cccc4ccccc34)sc2c1. The van der Waals surface area contributed by atoms with Gasteiger partial charge in [-0.1, -0.05) is 75.4 Å². The number of para-hydroxylation sites is 1.